The largest absolute Gasteiger partial charge is 0.317 e. The molecule has 108 valence electrons. The molecule has 18 heavy (non-hydrogen) atoms. The van der Waals surface area contributed by atoms with E-state index in [0.717, 1.165) is 25.9 Å². The molecule has 0 aromatic rings. The molecular formula is C13H28N2O2S. The van der Waals surface area contributed by atoms with E-state index in [4.69, 9.17) is 0 Å². The average molecular weight is 276 g/mol. The topological polar surface area (TPSA) is 58.2 Å². The van der Waals surface area contributed by atoms with Gasteiger partial charge in [0.15, 0.2) is 0 Å². The molecular weight excluding hydrogens is 248 g/mol. The van der Waals surface area contributed by atoms with Gasteiger partial charge in [0.2, 0.25) is 10.0 Å². The van der Waals surface area contributed by atoms with Crippen molar-refractivity contribution in [1.82, 2.24) is 10.0 Å². The highest BCUT2D eigenvalue weighted by atomic mass is 32.2. The minimum atomic E-state index is -3.13. The molecule has 1 rings (SSSR count). The van der Waals surface area contributed by atoms with Crippen LogP contribution < -0.4 is 10.0 Å². The number of sulfonamides is 1. The zero-order valence-corrected chi connectivity index (χ0v) is 13.2. The fraction of sp³-hybridized carbons (Fsp3) is 1.00. The van der Waals surface area contributed by atoms with E-state index in [1.807, 2.05) is 0 Å². The number of hydrogen-bond acceptors (Lipinski definition) is 3. The summed E-state index contributed by atoms with van der Waals surface area (Å²) in [5, 5.41) is 3.20. The highest BCUT2D eigenvalue weighted by molar-refractivity contribution is 7.89. The van der Waals surface area contributed by atoms with Gasteiger partial charge in [-0.15, -0.1) is 0 Å². The lowest BCUT2D eigenvalue weighted by Gasteiger charge is -2.08. The number of nitrogens with one attached hydrogen (secondary N) is 2. The van der Waals surface area contributed by atoms with Gasteiger partial charge in [0, 0.05) is 6.04 Å². The molecule has 0 aliphatic heterocycles. The quantitative estimate of drug-likeness (QED) is 0.664. The Kier molecular flexibility index (Phi) is 4.84. The van der Waals surface area contributed by atoms with E-state index in [1.54, 1.807) is 0 Å². The molecule has 0 aromatic carbocycles. The van der Waals surface area contributed by atoms with Crippen molar-refractivity contribution in [3.63, 3.8) is 0 Å². The van der Waals surface area contributed by atoms with Crippen molar-refractivity contribution in [2.45, 2.75) is 53.5 Å². The van der Waals surface area contributed by atoms with Crippen molar-refractivity contribution >= 4 is 10.0 Å². The Bertz CT molecular complexity index is 360. The predicted octanol–water partition coefficient (Wildman–Crippen LogP) is 1.73. The van der Waals surface area contributed by atoms with Crippen LogP contribution in [0.3, 0.4) is 0 Å². The SMILES string of the molecule is CCNCCCCS(=O)(=O)NC1C(C)(C)C1(C)C. The molecule has 5 heteroatoms. The summed E-state index contributed by atoms with van der Waals surface area (Å²) in [6, 6.07) is 0.0729. The minimum Gasteiger partial charge on any atom is -0.317 e. The third kappa shape index (κ3) is 3.45. The van der Waals surface area contributed by atoms with Crippen LogP contribution in [0.5, 0.6) is 0 Å². The first-order valence-electron chi connectivity index (χ1n) is 6.86. The highest BCUT2D eigenvalue weighted by Gasteiger charge is 2.65. The Hall–Kier alpha value is -0.130. The van der Waals surface area contributed by atoms with Gasteiger partial charge in [0.25, 0.3) is 0 Å². The molecule has 2 N–H and O–H groups in total. The summed E-state index contributed by atoms with van der Waals surface area (Å²) in [6.45, 7) is 12.4. The summed E-state index contributed by atoms with van der Waals surface area (Å²) in [7, 11) is -3.13. The van der Waals surface area contributed by atoms with Gasteiger partial charge in [-0.3, -0.25) is 0 Å². The van der Waals surface area contributed by atoms with Crippen LogP contribution >= 0.6 is 0 Å². The maximum atomic E-state index is 12.0. The number of hydrogen-bond donors (Lipinski definition) is 2. The van der Waals surface area contributed by atoms with Gasteiger partial charge in [-0.2, -0.15) is 0 Å². The predicted molar refractivity (Wildman–Crippen MR) is 76.1 cm³/mol. The van der Waals surface area contributed by atoms with Gasteiger partial charge in [0.05, 0.1) is 5.75 Å². The van der Waals surface area contributed by atoms with Crippen LogP contribution in [-0.4, -0.2) is 33.3 Å². The van der Waals surface area contributed by atoms with Gasteiger partial charge in [-0.1, -0.05) is 34.6 Å². The maximum absolute atomic E-state index is 12.0. The fourth-order valence-corrected chi connectivity index (χ4v) is 4.10. The maximum Gasteiger partial charge on any atom is 0.211 e. The van der Waals surface area contributed by atoms with Crippen LogP contribution in [0.1, 0.15) is 47.5 Å². The lowest BCUT2D eigenvalue weighted by Crippen LogP contribution is -2.32. The molecule has 0 radical (unpaired) electrons. The molecule has 4 nitrogen and oxygen atoms in total. The summed E-state index contributed by atoms with van der Waals surface area (Å²) in [4.78, 5) is 0. The van der Waals surface area contributed by atoms with Crippen LogP contribution in [0, 0.1) is 10.8 Å². The third-order valence-corrected chi connectivity index (χ3v) is 6.01. The molecule has 1 saturated carbocycles. The fourth-order valence-electron chi connectivity index (χ4n) is 2.45. The van der Waals surface area contributed by atoms with Crippen molar-refractivity contribution < 1.29 is 8.42 Å². The molecule has 0 saturated heterocycles. The monoisotopic (exact) mass is 276 g/mol. The van der Waals surface area contributed by atoms with E-state index in [2.05, 4.69) is 44.7 Å². The summed E-state index contributed by atoms with van der Waals surface area (Å²) in [5.41, 5.74) is 0.119. The van der Waals surface area contributed by atoms with E-state index in [1.165, 1.54) is 0 Å². The first-order valence-corrected chi connectivity index (χ1v) is 8.51. The Labute approximate surface area is 112 Å². The van der Waals surface area contributed by atoms with Crippen LogP contribution in [0.25, 0.3) is 0 Å². The van der Waals surface area contributed by atoms with Crippen LogP contribution in [0.15, 0.2) is 0 Å². The number of unbranched alkanes of at least 4 members (excludes halogenated alkanes) is 1. The first kappa shape index (κ1) is 15.9. The second kappa shape index (κ2) is 5.47. The van der Waals surface area contributed by atoms with Gasteiger partial charge < -0.3 is 5.32 Å². The summed E-state index contributed by atoms with van der Waals surface area (Å²) in [6.07, 6.45) is 1.63. The molecule has 0 aromatic heterocycles. The van der Waals surface area contributed by atoms with Gasteiger partial charge in [0.1, 0.15) is 0 Å². The first-order chi connectivity index (χ1) is 8.15. The Morgan fingerprint density at radius 3 is 2.06 bits per heavy atom. The van der Waals surface area contributed by atoms with Crippen molar-refractivity contribution in [2.24, 2.45) is 10.8 Å². The van der Waals surface area contributed by atoms with Crippen molar-refractivity contribution in [3.8, 4) is 0 Å². The van der Waals surface area contributed by atoms with E-state index in [9.17, 15) is 8.42 Å². The zero-order chi connectivity index (χ0) is 14.0. The zero-order valence-electron chi connectivity index (χ0n) is 12.3. The molecule has 0 atom stereocenters. The summed E-state index contributed by atoms with van der Waals surface area (Å²) < 4.78 is 26.8. The van der Waals surface area contributed by atoms with Crippen LogP contribution in [0.4, 0.5) is 0 Å². The minimum absolute atomic E-state index is 0.0594. The van der Waals surface area contributed by atoms with E-state index >= 15 is 0 Å². The lowest BCUT2D eigenvalue weighted by atomic mass is 10.0. The molecule has 0 amide bonds. The summed E-state index contributed by atoms with van der Waals surface area (Å²) >= 11 is 0. The van der Waals surface area contributed by atoms with E-state index < -0.39 is 10.0 Å². The van der Waals surface area contributed by atoms with Crippen LogP contribution in [0.2, 0.25) is 0 Å². The normalized spacial score (nSPS) is 22.1. The second-order valence-electron chi connectivity index (χ2n) is 6.37. The second-order valence-corrected chi connectivity index (χ2v) is 8.25. The molecule has 0 bridgehead atoms. The van der Waals surface area contributed by atoms with Crippen LogP contribution in [-0.2, 0) is 10.0 Å². The molecule has 0 unspecified atom stereocenters. The third-order valence-electron chi connectivity index (χ3n) is 4.58. The molecule has 1 fully saturated rings. The highest BCUT2D eigenvalue weighted by Crippen LogP contribution is 2.62. The molecule has 1 aliphatic carbocycles. The van der Waals surface area contributed by atoms with E-state index in [-0.39, 0.29) is 22.6 Å². The van der Waals surface area contributed by atoms with E-state index in [0.29, 0.717) is 0 Å². The van der Waals surface area contributed by atoms with Gasteiger partial charge in [-0.25, -0.2) is 13.1 Å². The average Bonchev–Trinajstić information content (AvgIpc) is 2.60. The summed E-state index contributed by atoms with van der Waals surface area (Å²) in [5.74, 6) is 0.237. The molecule has 0 spiro atoms. The van der Waals surface area contributed by atoms with Gasteiger partial charge in [-0.05, 0) is 36.8 Å². The Balaban J connectivity index is 2.34. The molecule has 0 heterocycles. The molecule has 1 aliphatic rings. The van der Waals surface area contributed by atoms with Crippen molar-refractivity contribution in [3.05, 3.63) is 0 Å². The smallest absolute Gasteiger partial charge is 0.211 e. The van der Waals surface area contributed by atoms with Gasteiger partial charge >= 0.3 is 0 Å². The lowest BCUT2D eigenvalue weighted by molar-refractivity contribution is 0.457. The van der Waals surface area contributed by atoms with Crippen molar-refractivity contribution in [1.29, 1.82) is 0 Å². The Morgan fingerprint density at radius 2 is 1.61 bits per heavy atom. The standard InChI is InChI=1S/C13H28N2O2S/c1-6-14-9-7-8-10-18(16,17)15-11-12(2,3)13(11,4)5/h11,14-15H,6-10H2,1-5H3. The van der Waals surface area contributed by atoms with Crippen molar-refractivity contribution in [2.75, 3.05) is 18.8 Å². The Morgan fingerprint density at radius 1 is 1.06 bits per heavy atom. The number of rotatable bonds is 8.